The fraction of sp³-hybridized carbons (Fsp3) is 1.00. The van der Waals surface area contributed by atoms with Crippen molar-refractivity contribution in [1.82, 2.24) is 5.32 Å². The Labute approximate surface area is 109 Å². The van der Waals surface area contributed by atoms with Crippen molar-refractivity contribution in [2.75, 3.05) is 39.3 Å². The van der Waals surface area contributed by atoms with Gasteiger partial charge in [0.1, 0.15) is 0 Å². The number of hydrogen-bond acceptors (Lipinski definition) is 2. The van der Waals surface area contributed by atoms with E-state index in [1.807, 2.05) is 0 Å². The second-order valence-electron chi connectivity index (χ2n) is 4.36. The third kappa shape index (κ3) is 12.1. The standard InChI is InChI=1S/C8H20N.C6H15N.H2O/c1-5-9(6-2,7-3)8-4;1-3-5-7-6-4-2;/h5-8H2,1-4H3;7H,3-6H2,1-2H3;1H2/q+1;;/p-1. The molecule has 0 saturated carbocycles. The van der Waals surface area contributed by atoms with Gasteiger partial charge < -0.3 is 15.3 Å². The summed E-state index contributed by atoms with van der Waals surface area (Å²) >= 11 is 0. The summed E-state index contributed by atoms with van der Waals surface area (Å²) in [5.74, 6) is 0. The Hall–Kier alpha value is -0.120. The van der Waals surface area contributed by atoms with E-state index in [0.717, 1.165) is 0 Å². The Kier molecular flexibility index (Phi) is 20.6. The number of nitrogens with zero attached hydrogens (tertiary/aromatic N) is 1. The van der Waals surface area contributed by atoms with Crippen LogP contribution < -0.4 is 5.32 Å². The van der Waals surface area contributed by atoms with Crippen molar-refractivity contribution in [2.45, 2.75) is 54.4 Å². The lowest BCUT2D eigenvalue weighted by Crippen LogP contribution is -2.47. The van der Waals surface area contributed by atoms with Gasteiger partial charge in [-0.15, -0.1) is 0 Å². The smallest absolute Gasteiger partial charge is 0.0757 e. The molecule has 0 aliphatic rings. The van der Waals surface area contributed by atoms with Gasteiger partial charge in [0.25, 0.3) is 0 Å². The van der Waals surface area contributed by atoms with E-state index >= 15 is 0 Å². The molecule has 0 saturated heterocycles. The summed E-state index contributed by atoms with van der Waals surface area (Å²) in [6.45, 7) is 20.9. The zero-order chi connectivity index (χ0) is 12.9. The highest BCUT2D eigenvalue weighted by Crippen LogP contribution is 2.03. The molecule has 0 aromatic heterocycles. The molecule has 108 valence electrons. The highest BCUT2D eigenvalue weighted by molar-refractivity contribution is 4.40. The van der Waals surface area contributed by atoms with Crippen molar-refractivity contribution in [2.24, 2.45) is 0 Å². The van der Waals surface area contributed by atoms with E-state index in [-0.39, 0.29) is 5.48 Å². The van der Waals surface area contributed by atoms with Crippen molar-refractivity contribution in [1.29, 1.82) is 0 Å². The van der Waals surface area contributed by atoms with Gasteiger partial charge in [-0.25, -0.2) is 0 Å². The van der Waals surface area contributed by atoms with Crippen LogP contribution in [0.1, 0.15) is 54.4 Å². The Morgan fingerprint density at radius 2 is 0.941 bits per heavy atom. The molecule has 0 amide bonds. The van der Waals surface area contributed by atoms with Gasteiger partial charge in [0.15, 0.2) is 0 Å². The van der Waals surface area contributed by atoms with Crippen LogP contribution in [0.25, 0.3) is 0 Å². The molecule has 0 aromatic carbocycles. The summed E-state index contributed by atoms with van der Waals surface area (Å²) in [5.41, 5.74) is 0. The first kappa shape index (κ1) is 22.1. The first-order valence-electron chi connectivity index (χ1n) is 7.21. The minimum Gasteiger partial charge on any atom is -0.870 e. The topological polar surface area (TPSA) is 42.0 Å². The lowest BCUT2D eigenvalue weighted by atomic mass is 10.3. The minimum atomic E-state index is 0. The second kappa shape index (κ2) is 15.9. The third-order valence-electron chi connectivity index (χ3n) is 3.54. The van der Waals surface area contributed by atoms with Crippen LogP contribution in [0, 0.1) is 0 Å². The summed E-state index contributed by atoms with van der Waals surface area (Å²) in [7, 11) is 0. The zero-order valence-corrected chi connectivity index (χ0v) is 13.1. The van der Waals surface area contributed by atoms with Gasteiger partial charge in [0.2, 0.25) is 0 Å². The maximum absolute atomic E-state index is 3.28. The first-order valence-corrected chi connectivity index (χ1v) is 7.21. The fourth-order valence-electron chi connectivity index (χ4n) is 1.82. The van der Waals surface area contributed by atoms with Gasteiger partial charge in [-0.1, -0.05) is 13.8 Å². The van der Waals surface area contributed by atoms with Crippen LogP contribution in [0.4, 0.5) is 0 Å². The molecule has 3 nitrogen and oxygen atoms in total. The monoisotopic (exact) mass is 248 g/mol. The molecule has 0 radical (unpaired) electrons. The molecule has 0 bridgehead atoms. The molecule has 0 aromatic rings. The predicted octanol–water partition coefficient (Wildman–Crippen LogP) is 3.10. The average Bonchev–Trinajstić information content (AvgIpc) is 2.34. The van der Waals surface area contributed by atoms with Gasteiger partial charge >= 0.3 is 0 Å². The largest absolute Gasteiger partial charge is 0.870 e. The molecule has 0 aliphatic heterocycles. The van der Waals surface area contributed by atoms with E-state index in [0.29, 0.717) is 0 Å². The molecule has 17 heavy (non-hydrogen) atoms. The van der Waals surface area contributed by atoms with E-state index in [9.17, 15) is 0 Å². The Morgan fingerprint density at radius 1 is 0.647 bits per heavy atom. The van der Waals surface area contributed by atoms with Crippen LogP contribution in [-0.2, 0) is 0 Å². The maximum atomic E-state index is 3.28. The average molecular weight is 248 g/mol. The van der Waals surface area contributed by atoms with Gasteiger partial charge in [-0.3, -0.25) is 0 Å². The van der Waals surface area contributed by atoms with Gasteiger partial charge in [-0.2, -0.15) is 0 Å². The number of hydrogen-bond donors (Lipinski definition) is 1. The highest BCUT2D eigenvalue weighted by Gasteiger charge is 2.16. The molecule has 2 N–H and O–H groups in total. The maximum Gasteiger partial charge on any atom is 0.0757 e. The molecular formula is C14H36N2O. The summed E-state index contributed by atoms with van der Waals surface area (Å²) < 4.78 is 1.28. The summed E-state index contributed by atoms with van der Waals surface area (Å²) in [6.07, 6.45) is 2.50. The normalized spacial score (nSPS) is 10.2. The van der Waals surface area contributed by atoms with E-state index in [1.54, 1.807) is 0 Å². The molecular weight excluding hydrogens is 212 g/mol. The minimum absolute atomic E-state index is 0. The third-order valence-corrected chi connectivity index (χ3v) is 3.54. The van der Waals surface area contributed by atoms with Gasteiger partial charge in [-0.05, 0) is 53.6 Å². The Balaban J connectivity index is -0.000000224. The van der Waals surface area contributed by atoms with Crippen LogP contribution in [0.5, 0.6) is 0 Å². The van der Waals surface area contributed by atoms with Crippen LogP contribution in [0.15, 0.2) is 0 Å². The van der Waals surface area contributed by atoms with Crippen LogP contribution in [-0.4, -0.2) is 49.2 Å². The number of quaternary nitrogens is 1. The number of nitrogens with one attached hydrogen (secondary N) is 1. The van der Waals surface area contributed by atoms with Gasteiger partial charge in [0.05, 0.1) is 26.2 Å². The molecule has 3 heteroatoms. The second-order valence-corrected chi connectivity index (χ2v) is 4.36. The van der Waals surface area contributed by atoms with Crippen molar-refractivity contribution in [3.63, 3.8) is 0 Å². The first-order chi connectivity index (χ1) is 7.66. The van der Waals surface area contributed by atoms with Crippen molar-refractivity contribution in [3.8, 4) is 0 Å². The molecule has 0 aliphatic carbocycles. The van der Waals surface area contributed by atoms with E-state index in [4.69, 9.17) is 0 Å². The van der Waals surface area contributed by atoms with Crippen molar-refractivity contribution in [3.05, 3.63) is 0 Å². The molecule has 0 rings (SSSR count). The lowest BCUT2D eigenvalue weighted by Gasteiger charge is -2.34. The molecule has 0 unspecified atom stereocenters. The van der Waals surface area contributed by atoms with Crippen LogP contribution >= 0.6 is 0 Å². The molecule has 0 heterocycles. The Morgan fingerprint density at radius 3 is 1.06 bits per heavy atom. The number of rotatable bonds is 8. The Bertz CT molecular complexity index is 104. The summed E-state index contributed by atoms with van der Waals surface area (Å²) in [5, 5.41) is 3.28. The van der Waals surface area contributed by atoms with Crippen LogP contribution in [0.2, 0.25) is 0 Å². The van der Waals surface area contributed by atoms with Crippen LogP contribution in [0.3, 0.4) is 0 Å². The molecule has 0 atom stereocenters. The fourth-order valence-corrected chi connectivity index (χ4v) is 1.82. The zero-order valence-electron chi connectivity index (χ0n) is 13.1. The molecule has 0 spiro atoms. The molecule has 0 fully saturated rings. The predicted molar refractivity (Wildman–Crippen MR) is 77.8 cm³/mol. The quantitative estimate of drug-likeness (QED) is 0.530. The summed E-state index contributed by atoms with van der Waals surface area (Å²) in [6, 6.07) is 0. The SMILES string of the molecule is CCCNCCC.CC[N+](CC)(CC)CC.[OH-]. The van der Waals surface area contributed by atoms with Crippen molar-refractivity contribution >= 4 is 0 Å². The summed E-state index contributed by atoms with van der Waals surface area (Å²) in [4.78, 5) is 0. The van der Waals surface area contributed by atoms with E-state index in [2.05, 4.69) is 46.9 Å². The van der Waals surface area contributed by atoms with Crippen molar-refractivity contribution < 1.29 is 9.96 Å². The van der Waals surface area contributed by atoms with Gasteiger partial charge in [0, 0.05) is 0 Å². The highest BCUT2D eigenvalue weighted by atomic mass is 16.0. The van der Waals surface area contributed by atoms with E-state index < -0.39 is 0 Å². The lowest BCUT2D eigenvalue weighted by molar-refractivity contribution is -0.921. The van der Waals surface area contributed by atoms with E-state index in [1.165, 1.54) is 56.6 Å².